The number of benzene rings is 1. The molecule has 0 spiro atoms. The van der Waals surface area contributed by atoms with Crippen LogP contribution in [0.1, 0.15) is 34.8 Å². The van der Waals surface area contributed by atoms with Crippen LogP contribution in [0.3, 0.4) is 0 Å². The minimum atomic E-state index is -0.882. The largest absolute Gasteiger partial charge is 0.478 e. The lowest BCUT2D eigenvalue weighted by Crippen LogP contribution is -2.28. The first-order chi connectivity index (χ1) is 8.22. The molecule has 1 aromatic carbocycles. The molecule has 0 bridgehead atoms. The molecular formula is C12H15BNO3. The van der Waals surface area contributed by atoms with E-state index in [2.05, 4.69) is 4.81 Å². The van der Waals surface area contributed by atoms with Gasteiger partial charge in [0.1, 0.15) is 0 Å². The smallest absolute Gasteiger partial charge is 0.399 e. The van der Waals surface area contributed by atoms with Crippen molar-refractivity contribution < 1.29 is 14.6 Å². The predicted octanol–water partition coefficient (Wildman–Crippen LogP) is 1.70. The lowest BCUT2D eigenvalue weighted by Gasteiger charge is -2.22. The van der Waals surface area contributed by atoms with Gasteiger partial charge in [0.05, 0.1) is 5.56 Å². The Labute approximate surface area is 101 Å². The Morgan fingerprint density at radius 3 is 3.12 bits per heavy atom. The van der Waals surface area contributed by atoms with Crippen LogP contribution < -0.4 is 0 Å². The van der Waals surface area contributed by atoms with Gasteiger partial charge in [0.15, 0.2) is 0 Å². The maximum Gasteiger partial charge on any atom is 0.399 e. The molecule has 1 aliphatic rings. The van der Waals surface area contributed by atoms with E-state index in [1.807, 2.05) is 6.07 Å². The van der Waals surface area contributed by atoms with Gasteiger partial charge in [0, 0.05) is 13.2 Å². The van der Waals surface area contributed by atoms with Gasteiger partial charge < -0.3 is 14.6 Å². The van der Waals surface area contributed by atoms with E-state index in [0.29, 0.717) is 5.56 Å². The molecule has 0 saturated carbocycles. The first kappa shape index (κ1) is 12.1. The van der Waals surface area contributed by atoms with Crippen molar-refractivity contribution >= 4 is 13.6 Å². The van der Waals surface area contributed by atoms with Crippen LogP contribution >= 0.6 is 0 Å². The summed E-state index contributed by atoms with van der Waals surface area (Å²) in [4.78, 5) is 13.0. The van der Waals surface area contributed by atoms with Gasteiger partial charge in [-0.3, -0.25) is 0 Å². The molecule has 0 amide bonds. The van der Waals surface area contributed by atoms with E-state index in [4.69, 9.17) is 9.76 Å². The molecule has 5 heteroatoms. The molecule has 1 aliphatic heterocycles. The molecule has 1 N–H and O–H groups in total. The minimum Gasteiger partial charge on any atom is -0.478 e. The SMILES string of the molecule is CO[B]N1CCCC1c1cccc(C(=O)O)c1. The number of carboxylic acid groups (broad SMARTS) is 1. The lowest BCUT2D eigenvalue weighted by molar-refractivity contribution is 0.0696. The highest BCUT2D eigenvalue weighted by Crippen LogP contribution is 2.31. The molecule has 1 saturated heterocycles. The number of aromatic carboxylic acids is 1. The van der Waals surface area contributed by atoms with E-state index in [1.54, 1.807) is 32.9 Å². The Hall–Kier alpha value is -1.33. The van der Waals surface area contributed by atoms with E-state index < -0.39 is 5.97 Å². The van der Waals surface area contributed by atoms with E-state index in [0.717, 1.165) is 24.9 Å². The molecule has 1 radical (unpaired) electrons. The third kappa shape index (κ3) is 2.68. The van der Waals surface area contributed by atoms with Crippen LogP contribution in [0.15, 0.2) is 24.3 Å². The van der Waals surface area contributed by atoms with Crippen molar-refractivity contribution in [3.8, 4) is 0 Å². The summed E-state index contributed by atoms with van der Waals surface area (Å²) in [6.45, 7) is 0.954. The average Bonchev–Trinajstić information content (AvgIpc) is 2.78. The Bertz CT molecular complexity index is 410. The van der Waals surface area contributed by atoms with Crippen LogP contribution in [-0.4, -0.2) is 37.2 Å². The van der Waals surface area contributed by atoms with Gasteiger partial charge in [0.2, 0.25) is 0 Å². The number of rotatable bonds is 4. The molecule has 1 aromatic rings. The van der Waals surface area contributed by atoms with Crippen LogP contribution in [0.25, 0.3) is 0 Å². The maximum absolute atomic E-state index is 10.9. The zero-order chi connectivity index (χ0) is 12.3. The predicted molar refractivity (Wildman–Crippen MR) is 64.8 cm³/mol. The molecular weight excluding hydrogens is 217 g/mol. The van der Waals surface area contributed by atoms with Crippen LogP contribution in [0.4, 0.5) is 0 Å². The van der Waals surface area contributed by atoms with Crippen molar-refractivity contribution in [1.29, 1.82) is 0 Å². The molecule has 1 unspecified atom stereocenters. The fourth-order valence-corrected chi connectivity index (χ4v) is 2.29. The average molecular weight is 232 g/mol. The van der Waals surface area contributed by atoms with Gasteiger partial charge in [-0.25, -0.2) is 4.79 Å². The Kier molecular flexibility index (Phi) is 3.81. The van der Waals surface area contributed by atoms with E-state index >= 15 is 0 Å². The zero-order valence-electron chi connectivity index (χ0n) is 9.80. The van der Waals surface area contributed by atoms with Crippen LogP contribution in [0.2, 0.25) is 0 Å². The monoisotopic (exact) mass is 232 g/mol. The number of carbonyl (C=O) groups is 1. The normalized spacial score (nSPS) is 20.4. The third-order valence-electron chi connectivity index (χ3n) is 3.05. The Morgan fingerprint density at radius 1 is 1.59 bits per heavy atom. The molecule has 2 rings (SSSR count). The zero-order valence-corrected chi connectivity index (χ0v) is 9.80. The Balaban J connectivity index is 2.21. The van der Waals surface area contributed by atoms with Crippen molar-refractivity contribution in [3.63, 3.8) is 0 Å². The van der Waals surface area contributed by atoms with Gasteiger partial charge in [0.25, 0.3) is 0 Å². The summed E-state index contributed by atoms with van der Waals surface area (Å²) in [7, 11) is 3.34. The molecule has 0 aliphatic carbocycles. The summed E-state index contributed by atoms with van der Waals surface area (Å²) in [5.74, 6) is -0.882. The van der Waals surface area contributed by atoms with Gasteiger partial charge in [-0.2, -0.15) is 0 Å². The summed E-state index contributed by atoms with van der Waals surface area (Å²) in [6, 6.07) is 7.36. The van der Waals surface area contributed by atoms with Crippen LogP contribution in [0.5, 0.6) is 0 Å². The lowest BCUT2D eigenvalue weighted by atomic mass is 9.99. The Morgan fingerprint density at radius 2 is 2.41 bits per heavy atom. The molecule has 1 heterocycles. The standard InChI is InChI=1S/C12H15BNO3/c1-17-13-14-7-3-6-11(14)9-4-2-5-10(8-9)12(15)16/h2,4-5,8,11H,3,6-7H2,1H3,(H,15,16). The number of hydrogen-bond acceptors (Lipinski definition) is 3. The molecule has 17 heavy (non-hydrogen) atoms. The van der Waals surface area contributed by atoms with E-state index in [9.17, 15) is 4.79 Å². The number of carboxylic acids is 1. The molecule has 1 atom stereocenters. The number of nitrogens with zero attached hydrogens (tertiary/aromatic N) is 1. The topological polar surface area (TPSA) is 49.8 Å². The van der Waals surface area contributed by atoms with Gasteiger partial charge >= 0.3 is 13.6 Å². The second-order valence-electron chi connectivity index (χ2n) is 4.17. The third-order valence-corrected chi connectivity index (χ3v) is 3.05. The summed E-state index contributed by atoms with van der Waals surface area (Å²) in [5, 5.41) is 8.98. The van der Waals surface area contributed by atoms with Crippen molar-refractivity contribution in [3.05, 3.63) is 35.4 Å². The second-order valence-corrected chi connectivity index (χ2v) is 4.17. The first-order valence-corrected chi connectivity index (χ1v) is 5.67. The second kappa shape index (κ2) is 5.34. The van der Waals surface area contributed by atoms with Crippen molar-refractivity contribution in [2.45, 2.75) is 18.9 Å². The summed E-state index contributed by atoms with van der Waals surface area (Å²) in [6.07, 6.45) is 2.13. The van der Waals surface area contributed by atoms with Crippen molar-refractivity contribution in [1.82, 2.24) is 4.81 Å². The van der Waals surface area contributed by atoms with Crippen LogP contribution in [-0.2, 0) is 4.65 Å². The molecule has 4 nitrogen and oxygen atoms in total. The maximum atomic E-state index is 10.9. The molecule has 1 fully saturated rings. The van der Waals surface area contributed by atoms with Crippen molar-refractivity contribution in [2.75, 3.05) is 13.7 Å². The number of hydrogen-bond donors (Lipinski definition) is 1. The summed E-state index contributed by atoms with van der Waals surface area (Å²) < 4.78 is 5.04. The van der Waals surface area contributed by atoms with Gasteiger partial charge in [-0.15, -0.1) is 0 Å². The summed E-state index contributed by atoms with van der Waals surface area (Å²) in [5.41, 5.74) is 1.38. The van der Waals surface area contributed by atoms with Crippen molar-refractivity contribution in [2.24, 2.45) is 0 Å². The van der Waals surface area contributed by atoms with Gasteiger partial charge in [-0.1, -0.05) is 12.1 Å². The van der Waals surface area contributed by atoms with Crippen LogP contribution in [0, 0.1) is 0 Å². The molecule has 0 aromatic heterocycles. The fourth-order valence-electron chi connectivity index (χ4n) is 2.29. The fraction of sp³-hybridized carbons (Fsp3) is 0.417. The van der Waals surface area contributed by atoms with E-state index in [-0.39, 0.29) is 6.04 Å². The van der Waals surface area contributed by atoms with Gasteiger partial charge in [-0.05, 0) is 37.1 Å². The highest BCUT2D eigenvalue weighted by molar-refractivity contribution is 6.23. The minimum absolute atomic E-state index is 0.231. The highest BCUT2D eigenvalue weighted by atomic mass is 16.4. The first-order valence-electron chi connectivity index (χ1n) is 5.67. The summed E-state index contributed by atoms with van der Waals surface area (Å²) >= 11 is 0. The molecule has 89 valence electrons. The highest BCUT2D eigenvalue weighted by Gasteiger charge is 2.27. The quantitative estimate of drug-likeness (QED) is 0.802. The van der Waals surface area contributed by atoms with E-state index in [1.165, 1.54) is 0 Å².